The molecule has 144 valence electrons. The second-order valence-corrected chi connectivity index (χ2v) is 7.65. The predicted octanol–water partition coefficient (Wildman–Crippen LogP) is 5.23. The highest BCUT2D eigenvalue weighted by Crippen LogP contribution is 2.26. The van der Waals surface area contributed by atoms with Gasteiger partial charge in [-0.2, -0.15) is 0 Å². The second-order valence-electron chi connectivity index (χ2n) is 7.65. The van der Waals surface area contributed by atoms with Crippen LogP contribution in [0.25, 0.3) is 10.8 Å². The lowest BCUT2D eigenvalue weighted by Crippen LogP contribution is -2.33. The van der Waals surface area contributed by atoms with E-state index in [0.717, 1.165) is 16.3 Å². The highest BCUT2D eigenvalue weighted by atomic mass is 16.6. The van der Waals surface area contributed by atoms with Crippen LogP contribution in [-0.4, -0.2) is 35.6 Å². The number of likely N-dealkylation sites (N-methyl/N-ethyl adjacent to an activating group) is 1. The first-order valence-corrected chi connectivity index (χ1v) is 9.07. The molecule has 0 aromatic heterocycles. The standard InChI is InChI=1S/C22H28N2O3/c1-7-24(14-15(2)3)20(25)18-12-16-10-8-9-11-17(16)13-19(18)23-21(26)27-22(4,5)6/h8-13H,2,7,14H2,1,3-6H3,(H,23,26). The van der Waals surface area contributed by atoms with Gasteiger partial charge in [-0.15, -0.1) is 0 Å². The fraction of sp³-hybridized carbons (Fsp3) is 0.364. The summed E-state index contributed by atoms with van der Waals surface area (Å²) in [6.45, 7) is 14.1. The Bertz CT molecular complexity index is 865. The Labute approximate surface area is 161 Å². The molecule has 27 heavy (non-hydrogen) atoms. The normalized spacial score (nSPS) is 11.1. The van der Waals surface area contributed by atoms with Crippen LogP contribution in [0.1, 0.15) is 45.0 Å². The van der Waals surface area contributed by atoms with E-state index in [2.05, 4.69) is 11.9 Å². The molecule has 0 fully saturated rings. The van der Waals surface area contributed by atoms with Crippen molar-refractivity contribution in [3.05, 3.63) is 54.1 Å². The lowest BCUT2D eigenvalue weighted by atomic mass is 10.0. The van der Waals surface area contributed by atoms with Crippen LogP contribution in [0.4, 0.5) is 10.5 Å². The molecule has 0 atom stereocenters. The molecule has 0 spiro atoms. The van der Waals surface area contributed by atoms with Crippen LogP contribution in [0.2, 0.25) is 0 Å². The van der Waals surface area contributed by atoms with Gasteiger partial charge in [0.15, 0.2) is 0 Å². The smallest absolute Gasteiger partial charge is 0.412 e. The zero-order valence-electron chi connectivity index (χ0n) is 16.8. The van der Waals surface area contributed by atoms with E-state index < -0.39 is 11.7 Å². The highest BCUT2D eigenvalue weighted by molar-refractivity contribution is 6.07. The summed E-state index contributed by atoms with van der Waals surface area (Å²) in [6.07, 6.45) is -0.588. The number of hydrogen-bond acceptors (Lipinski definition) is 3. The van der Waals surface area contributed by atoms with Gasteiger partial charge >= 0.3 is 6.09 Å². The number of ether oxygens (including phenoxy) is 1. The number of anilines is 1. The third-order valence-corrected chi connectivity index (χ3v) is 3.88. The molecule has 5 heteroatoms. The molecular formula is C22H28N2O3. The van der Waals surface area contributed by atoms with Crippen molar-refractivity contribution in [1.82, 2.24) is 4.90 Å². The molecule has 2 aromatic rings. The maximum Gasteiger partial charge on any atom is 0.412 e. The maximum absolute atomic E-state index is 13.1. The molecule has 2 aromatic carbocycles. The maximum atomic E-state index is 13.1. The number of nitrogens with zero attached hydrogens (tertiary/aromatic N) is 1. The molecule has 0 aliphatic carbocycles. The Morgan fingerprint density at radius 1 is 1.15 bits per heavy atom. The summed E-state index contributed by atoms with van der Waals surface area (Å²) < 4.78 is 5.35. The number of amides is 2. The Hall–Kier alpha value is -2.82. The molecule has 0 saturated heterocycles. The van der Waals surface area contributed by atoms with Gasteiger partial charge in [-0.3, -0.25) is 10.1 Å². The molecule has 1 N–H and O–H groups in total. The van der Waals surface area contributed by atoms with Gasteiger partial charge in [0, 0.05) is 13.1 Å². The summed E-state index contributed by atoms with van der Waals surface area (Å²) in [5.41, 5.74) is 1.14. The van der Waals surface area contributed by atoms with Crippen molar-refractivity contribution in [3.63, 3.8) is 0 Å². The van der Waals surface area contributed by atoms with E-state index in [1.807, 2.05) is 44.2 Å². The summed E-state index contributed by atoms with van der Waals surface area (Å²) >= 11 is 0. The Balaban J connectivity index is 2.46. The van der Waals surface area contributed by atoms with Gasteiger partial charge in [0.05, 0.1) is 11.3 Å². The second kappa shape index (κ2) is 8.25. The van der Waals surface area contributed by atoms with Crippen LogP contribution in [0.5, 0.6) is 0 Å². The van der Waals surface area contributed by atoms with Crippen molar-refractivity contribution >= 4 is 28.5 Å². The van der Waals surface area contributed by atoms with E-state index in [0.29, 0.717) is 24.3 Å². The number of rotatable bonds is 5. The molecule has 0 saturated carbocycles. The number of fused-ring (bicyclic) bond motifs is 1. The Morgan fingerprint density at radius 2 is 1.74 bits per heavy atom. The van der Waals surface area contributed by atoms with Gasteiger partial charge in [-0.25, -0.2) is 4.79 Å². The van der Waals surface area contributed by atoms with Crippen molar-refractivity contribution < 1.29 is 14.3 Å². The number of hydrogen-bond donors (Lipinski definition) is 1. The fourth-order valence-electron chi connectivity index (χ4n) is 2.76. The molecule has 5 nitrogen and oxygen atoms in total. The SMILES string of the molecule is C=C(C)CN(CC)C(=O)c1cc2ccccc2cc1NC(=O)OC(C)(C)C. The lowest BCUT2D eigenvalue weighted by molar-refractivity contribution is 0.0636. The van der Waals surface area contributed by atoms with E-state index >= 15 is 0 Å². The van der Waals surface area contributed by atoms with Crippen LogP contribution < -0.4 is 5.32 Å². The minimum Gasteiger partial charge on any atom is -0.444 e. The monoisotopic (exact) mass is 368 g/mol. The molecule has 0 aliphatic rings. The summed E-state index contributed by atoms with van der Waals surface area (Å²) in [6, 6.07) is 11.3. The zero-order chi connectivity index (χ0) is 20.2. The van der Waals surface area contributed by atoms with Crippen molar-refractivity contribution in [2.75, 3.05) is 18.4 Å². The summed E-state index contributed by atoms with van der Waals surface area (Å²) in [7, 11) is 0. The zero-order valence-corrected chi connectivity index (χ0v) is 16.8. The van der Waals surface area contributed by atoms with Crippen molar-refractivity contribution in [3.8, 4) is 0 Å². The quantitative estimate of drug-likeness (QED) is 0.736. The van der Waals surface area contributed by atoms with Crippen LogP contribution >= 0.6 is 0 Å². The summed E-state index contributed by atoms with van der Waals surface area (Å²) in [5.74, 6) is -0.155. The van der Waals surface area contributed by atoms with E-state index in [1.54, 1.807) is 31.7 Å². The largest absolute Gasteiger partial charge is 0.444 e. The van der Waals surface area contributed by atoms with Crippen molar-refractivity contribution in [2.45, 2.75) is 40.2 Å². The van der Waals surface area contributed by atoms with E-state index in [9.17, 15) is 9.59 Å². The third kappa shape index (κ3) is 5.58. The third-order valence-electron chi connectivity index (χ3n) is 3.88. The Kier molecular flexibility index (Phi) is 6.26. The molecule has 0 heterocycles. The average Bonchev–Trinajstić information content (AvgIpc) is 2.56. The van der Waals surface area contributed by atoms with Gasteiger partial charge in [-0.05, 0) is 57.5 Å². The number of carbonyl (C=O) groups is 2. The number of carbonyl (C=O) groups excluding carboxylic acids is 2. The van der Waals surface area contributed by atoms with Gasteiger partial charge in [0.2, 0.25) is 0 Å². The van der Waals surface area contributed by atoms with Crippen LogP contribution in [0.3, 0.4) is 0 Å². The molecular weight excluding hydrogens is 340 g/mol. The molecule has 0 aliphatic heterocycles. The first-order valence-electron chi connectivity index (χ1n) is 9.07. The van der Waals surface area contributed by atoms with Gasteiger partial charge in [0.25, 0.3) is 5.91 Å². The molecule has 0 radical (unpaired) electrons. The minimum atomic E-state index is -0.624. The number of nitrogens with one attached hydrogen (secondary N) is 1. The summed E-state index contributed by atoms with van der Waals surface area (Å²) in [5, 5.41) is 4.61. The lowest BCUT2D eigenvalue weighted by Gasteiger charge is -2.24. The first kappa shape index (κ1) is 20.5. The van der Waals surface area contributed by atoms with Crippen LogP contribution in [-0.2, 0) is 4.74 Å². The van der Waals surface area contributed by atoms with Crippen LogP contribution in [0.15, 0.2) is 48.6 Å². The Morgan fingerprint density at radius 3 is 2.26 bits per heavy atom. The van der Waals surface area contributed by atoms with E-state index in [1.165, 1.54) is 0 Å². The van der Waals surface area contributed by atoms with Crippen LogP contribution in [0, 0.1) is 0 Å². The molecule has 2 rings (SSSR count). The van der Waals surface area contributed by atoms with Gasteiger partial charge in [-0.1, -0.05) is 36.4 Å². The fourth-order valence-corrected chi connectivity index (χ4v) is 2.76. The topological polar surface area (TPSA) is 58.6 Å². The first-order chi connectivity index (χ1) is 12.6. The average molecular weight is 368 g/mol. The molecule has 2 amide bonds. The minimum absolute atomic E-state index is 0.155. The summed E-state index contributed by atoms with van der Waals surface area (Å²) in [4.78, 5) is 27.1. The van der Waals surface area contributed by atoms with E-state index in [-0.39, 0.29) is 5.91 Å². The van der Waals surface area contributed by atoms with E-state index in [4.69, 9.17) is 4.74 Å². The van der Waals surface area contributed by atoms with Gasteiger partial charge < -0.3 is 9.64 Å². The number of benzene rings is 2. The molecule has 0 bridgehead atoms. The van der Waals surface area contributed by atoms with Crippen molar-refractivity contribution in [2.24, 2.45) is 0 Å². The predicted molar refractivity (Wildman–Crippen MR) is 110 cm³/mol. The highest BCUT2D eigenvalue weighted by Gasteiger charge is 2.22. The van der Waals surface area contributed by atoms with Crippen molar-refractivity contribution in [1.29, 1.82) is 0 Å². The molecule has 0 unspecified atom stereocenters. The van der Waals surface area contributed by atoms with Gasteiger partial charge in [0.1, 0.15) is 5.60 Å².